The van der Waals surface area contributed by atoms with Crippen molar-refractivity contribution in [2.24, 2.45) is 0 Å². The number of hydrogen-bond donors (Lipinski definition) is 2. The molecule has 8 nitrogen and oxygen atoms in total. The summed E-state index contributed by atoms with van der Waals surface area (Å²) in [7, 11) is 4.75. The predicted molar refractivity (Wildman–Crippen MR) is 130 cm³/mol. The minimum Gasteiger partial charge on any atom is -0.494 e. The largest absolute Gasteiger partial charge is 0.494 e. The molecule has 0 unspecified atom stereocenters. The van der Waals surface area contributed by atoms with Gasteiger partial charge in [-0.05, 0) is 55.6 Å². The maximum absolute atomic E-state index is 13.6. The Morgan fingerprint density at radius 3 is 2.43 bits per heavy atom. The lowest BCUT2D eigenvalue weighted by atomic mass is 10.1. The van der Waals surface area contributed by atoms with Crippen LogP contribution in [0.4, 0.5) is 4.39 Å². The molecular formula is C25H25ClFN3O5. The second-order valence-corrected chi connectivity index (χ2v) is 7.71. The zero-order valence-corrected chi connectivity index (χ0v) is 20.2. The molecule has 35 heavy (non-hydrogen) atoms. The predicted octanol–water partition coefficient (Wildman–Crippen LogP) is 3.77. The molecule has 0 saturated heterocycles. The van der Waals surface area contributed by atoms with Gasteiger partial charge in [0.2, 0.25) is 0 Å². The van der Waals surface area contributed by atoms with E-state index in [4.69, 9.17) is 25.8 Å². The number of likely N-dealkylation sites (N-methyl/N-ethyl adjacent to an activating group) is 1. The van der Waals surface area contributed by atoms with Gasteiger partial charge >= 0.3 is 0 Å². The number of pyridine rings is 1. The molecule has 2 aromatic carbocycles. The number of nitrogens with one attached hydrogen (secondary N) is 2. The molecule has 2 N–H and O–H groups in total. The number of rotatable bonds is 11. The number of aromatic nitrogens is 1. The number of nitrogens with zero attached hydrogens (tertiary/aromatic N) is 1. The first-order valence-corrected chi connectivity index (χ1v) is 11.0. The number of Topliss-reactive ketones (excluding diaryl/α,β-unsaturated/α-hetero) is 1. The molecule has 0 aliphatic rings. The SMILES string of the molecule is CNCCOc1ccc(C(=O)NCC(=O)c2ccc(OC)c(-c3ccc(F)c(Cl)c3)n2)cc1OC. The average Bonchev–Trinajstić information content (AvgIpc) is 2.88. The molecule has 0 spiro atoms. The monoisotopic (exact) mass is 501 g/mol. The van der Waals surface area contributed by atoms with Crippen LogP contribution < -0.4 is 24.8 Å². The van der Waals surface area contributed by atoms with Crippen LogP contribution in [0.15, 0.2) is 48.5 Å². The lowest BCUT2D eigenvalue weighted by Crippen LogP contribution is -2.30. The molecule has 184 valence electrons. The standard InChI is InChI=1S/C25H25ClFN3O5/c1-28-10-11-35-21-8-5-16(13-23(21)34-3)25(32)29-14-20(31)19-7-9-22(33-2)24(30-19)15-4-6-18(27)17(26)12-15/h4-9,12-13,28H,10-11,14H2,1-3H3,(H,29,32). The number of amides is 1. The van der Waals surface area contributed by atoms with Crippen molar-refractivity contribution in [3.8, 4) is 28.5 Å². The molecule has 0 atom stereocenters. The number of hydrogen-bond acceptors (Lipinski definition) is 7. The maximum atomic E-state index is 13.6. The summed E-state index contributed by atoms with van der Waals surface area (Å²) in [5.74, 6) is -0.159. The summed E-state index contributed by atoms with van der Waals surface area (Å²) in [4.78, 5) is 29.7. The number of benzene rings is 2. The Morgan fingerprint density at radius 1 is 1.00 bits per heavy atom. The lowest BCUT2D eigenvalue weighted by molar-refractivity contribution is 0.0902. The van der Waals surface area contributed by atoms with Crippen molar-refractivity contribution in [3.63, 3.8) is 0 Å². The zero-order chi connectivity index (χ0) is 25.4. The number of ether oxygens (including phenoxy) is 3. The van der Waals surface area contributed by atoms with E-state index in [9.17, 15) is 14.0 Å². The van der Waals surface area contributed by atoms with Crippen LogP contribution in [-0.2, 0) is 0 Å². The van der Waals surface area contributed by atoms with Crippen molar-refractivity contribution in [2.75, 3.05) is 41.0 Å². The molecular weight excluding hydrogens is 477 g/mol. The number of ketones is 1. The number of methoxy groups -OCH3 is 2. The highest BCUT2D eigenvalue weighted by atomic mass is 35.5. The van der Waals surface area contributed by atoms with Crippen molar-refractivity contribution >= 4 is 23.3 Å². The Labute approximate surface area is 207 Å². The highest BCUT2D eigenvalue weighted by Gasteiger charge is 2.17. The van der Waals surface area contributed by atoms with E-state index in [1.807, 2.05) is 7.05 Å². The van der Waals surface area contributed by atoms with Gasteiger partial charge in [0.15, 0.2) is 17.3 Å². The number of halogens is 2. The van der Waals surface area contributed by atoms with Crippen molar-refractivity contribution in [2.45, 2.75) is 0 Å². The van der Waals surface area contributed by atoms with Gasteiger partial charge in [0.1, 0.15) is 29.6 Å². The Balaban J connectivity index is 1.72. The third kappa shape index (κ3) is 6.46. The van der Waals surface area contributed by atoms with Gasteiger partial charge in [0.05, 0.1) is 25.8 Å². The van der Waals surface area contributed by atoms with Crippen LogP contribution in [-0.4, -0.2) is 57.6 Å². The van der Waals surface area contributed by atoms with Crippen LogP contribution in [0.1, 0.15) is 20.8 Å². The summed E-state index contributed by atoms with van der Waals surface area (Å²) in [5, 5.41) is 5.48. The second-order valence-electron chi connectivity index (χ2n) is 7.30. The Kier molecular flexibility index (Phi) is 8.99. The first kappa shape index (κ1) is 25.9. The summed E-state index contributed by atoms with van der Waals surface area (Å²) >= 11 is 5.89. The van der Waals surface area contributed by atoms with Gasteiger partial charge in [-0.2, -0.15) is 0 Å². The molecule has 3 aromatic rings. The van der Waals surface area contributed by atoms with E-state index >= 15 is 0 Å². The lowest BCUT2D eigenvalue weighted by Gasteiger charge is -2.12. The van der Waals surface area contributed by atoms with Crippen LogP contribution in [0.2, 0.25) is 5.02 Å². The van der Waals surface area contributed by atoms with Crippen LogP contribution in [0, 0.1) is 5.82 Å². The van der Waals surface area contributed by atoms with Crippen LogP contribution in [0.3, 0.4) is 0 Å². The van der Waals surface area contributed by atoms with Gasteiger partial charge < -0.3 is 24.8 Å². The van der Waals surface area contributed by atoms with Gasteiger partial charge in [0, 0.05) is 17.7 Å². The summed E-state index contributed by atoms with van der Waals surface area (Å²) in [6, 6.07) is 11.9. The Bertz CT molecular complexity index is 1220. The van der Waals surface area contributed by atoms with E-state index in [0.29, 0.717) is 47.2 Å². The van der Waals surface area contributed by atoms with E-state index in [1.165, 1.54) is 44.6 Å². The summed E-state index contributed by atoms with van der Waals surface area (Å²) in [6.45, 7) is 0.807. The van der Waals surface area contributed by atoms with Crippen molar-refractivity contribution < 1.29 is 28.2 Å². The van der Waals surface area contributed by atoms with Gasteiger partial charge in [-0.15, -0.1) is 0 Å². The van der Waals surface area contributed by atoms with E-state index in [1.54, 1.807) is 18.2 Å². The van der Waals surface area contributed by atoms with Gasteiger partial charge in [0.25, 0.3) is 5.91 Å². The average molecular weight is 502 g/mol. The minimum absolute atomic E-state index is 0.0794. The molecule has 0 radical (unpaired) electrons. The molecule has 1 amide bonds. The van der Waals surface area contributed by atoms with E-state index in [2.05, 4.69) is 15.6 Å². The van der Waals surface area contributed by atoms with Gasteiger partial charge in [-0.1, -0.05) is 11.6 Å². The molecule has 1 aromatic heterocycles. The van der Waals surface area contributed by atoms with E-state index < -0.39 is 17.5 Å². The molecule has 0 aliphatic carbocycles. The normalized spacial score (nSPS) is 10.5. The number of carbonyl (C=O) groups is 2. The second kappa shape index (κ2) is 12.1. The van der Waals surface area contributed by atoms with E-state index in [0.717, 1.165) is 0 Å². The highest BCUT2D eigenvalue weighted by Crippen LogP contribution is 2.31. The minimum atomic E-state index is -0.571. The van der Waals surface area contributed by atoms with Crippen LogP contribution in [0.25, 0.3) is 11.3 Å². The van der Waals surface area contributed by atoms with Gasteiger partial charge in [-0.3, -0.25) is 9.59 Å². The third-order valence-corrected chi connectivity index (χ3v) is 5.29. The Morgan fingerprint density at radius 2 is 1.74 bits per heavy atom. The number of carbonyl (C=O) groups excluding carboxylic acids is 2. The summed E-state index contributed by atoms with van der Waals surface area (Å²) < 4.78 is 29.8. The Hall–Kier alpha value is -3.69. The molecule has 0 aliphatic heterocycles. The van der Waals surface area contributed by atoms with Crippen molar-refractivity contribution in [1.82, 2.24) is 15.6 Å². The molecule has 10 heteroatoms. The molecule has 0 bridgehead atoms. The molecule has 0 saturated carbocycles. The van der Waals surface area contributed by atoms with Crippen LogP contribution in [0.5, 0.6) is 17.2 Å². The fourth-order valence-electron chi connectivity index (χ4n) is 3.16. The fraction of sp³-hybridized carbons (Fsp3) is 0.240. The molecule has 3 rings (SSSR count). The van der Waals surface area contributed by atoms with Crippen LogP contribution >= 0.6 is 11.6 Å². The molecule has 1 heterocycles. The van der Waals surface area contributed by atoms with Gasteiger partial charge in [-0.25, -0.2) is 9.37 Å². The first-order chi connectivity index (χ1) is 16.9. The molecule has 0 fully saturated rings. The summed E-state index contributed by atoms with van der Waals surface area (Å²) in [6.07, 6.45) is 0. The third-order valence-electron chi connectivity index (χ3n) is 5.00. The topological polar surface area (TPSA) is 98.8 Å². The van der Waals surface area contributed by atoms with E-state index in [-0.39, 0.29) is 17.3 Å². The first-order valence-electron chi connectivity index (χ1n) is 10.6. The fourth-order valence-corrected chi connectivity index (χ4v) is 3.34. The highest BCUT2D eigenvalue weighted by molar-refractivity contribution is 6.31. The summed E-state index contributed by atoms with van der Waals surface area (Å²) in [5.41, 5.74) is 1.22. The van der Waals surface area contributed by atoms with Crippen molar-refractivity contribution in [1.29, 1.82) is 0 Å². The zero-order valence-electron chi connectivity index (χ0n) is 19.5. The van der Waals surface area contributed by atoms with Crippen molar-refractivity contribution in [3.05, 3.63) is 70.6 Å². The maximum Gasteiger partial charge on any atom is 0.251 e. The quantitative estimate of drug-likeness (QED) is 0.305. The smallest absolute Gasteiger partial charge is 0.251 e.